The fraction of sp³-hybridized carbons (Fsp3) is 0.636. The summed E-state index contributed by atoms with van der Waals surface area (Å²) in [5.41, 5.74) is 0.970. The molecule has 2 rings (SSSR count). The molecule has 0 atom stereocenters. The third-order valence-electron chi connectivity index (χ3n) is 2.38. The van der Waals surface area contributed by atoms with Gasteiger partial charge in [-0.2, -0.15) is 0 Å². The van der Waals surface area contributed by atoms with E-state index in [2.05, 4.69) is 40.6 Å². The second kappa shape index (κ2) is 5.59. The van der Waals surface area contributed by atoms with Crippen LogP contribution in [-0.2, 0) is 11.8 Å². The summed E-state index contributed by atoms with van der Waals surface area (Å²) in [6.45, 7) is 6.38. The predicted molar refractivity (Wildman–Crippen MR) is 76.6 cm³/mol. The molecule has 0 aliphatic heterocycles. The topological polar surface area (TPSA) is 51.6 Å². The first-order valence-corrected chi connectivity index (χ1v) is 7.86. The van der Waals surface area contributed by atoms with Crippen molar-refractivity contribution in [2.45, 2.75) is 39.0 Å². The lowest BCUT2D eigenvalue weighted by atomic mass is 9.91. The Morgan fingerprint density at radius 1 is 1.17 bits per heavy atom. The number of rotatable bonds is 4. The van der Waals surface area contributed by atoms with Gasteiger partial charge < -0.3 is 0 Å². The smallest absolute Gasteiger partial charge is 0.143 e. The summed E-state index contributed by atoms with van der Waals surface area (Å²) in [4.78, 5) is 1.04. The molecule has 2 heterocycles. The average Bonchev–Trinajstić information content (AvgIpc) is 2.93. The summed E-state index contributed by atoms with van der Waals surface area (Å²) in [6.07, 6.45) is 1.82. The monoisotopic (exact) mass is 302 g/mol. The minimum absolute atomic E-state index is 0.0235. The van der Waals surface area contributed by atoms with Crippen molar-refractivity contribution in [3.63, 3.8) is 0 Å². The van der Waals surface area contributed by atoms with E-state index >= 15 is 0 Å². The van der Waals surface area contributed by atoms with Gasteiger partial charge in [-0.3, -0.25) is 0 Å². The van der Waals surface area contributed by atoms with Crippen molar-refractivity contribution in [1.82, 2.24) is 19.8 Å². The molecule has 0 spiro atoms. The quantitative estimate of drug-likeness (QED) is 0.811. The molecule has 0 fully saturated rings. The van der Waals surface area contributed by atoms with E-state index in [0.717, 1.165) is 33.4 Å². The van der Waals surface area contributed by atoms with Gasteiger partial charge in [0.25, 0.3) is 0 Å². The van der Waals surface area contributed by atoms with Gasteiger partial charge in [-0.05, 0) is 18.0 Å². The Balaban J connectivity index is 2.27. The largest absolute Gasteiger partial charge is 0.161 e. The van der Waals surface area contributed by atoms with E-state index in [1.165, 1.54) is 11.5 Å². The van der Waals surface area contributed by atoms with Crippen LogP contribution >= 0.6 is 34.5 Å². The van der Waals surface area contributed by atoms with Crippen LogP contribution in [0.3, 0.4) is 0 Å². The van der Waals surface area contributed by atoms with Crippen LogP contribution in [0, 0.1) is 0 Å². The highest BCUT2D eigenvalue weighted by Crippen LogP contribution is 2.35. The molecule has 4 nitrogen and oxygen atoms in total. The van der Waals surface area contributed by atoms with Crippen LogP contribution in [0.25, 0.3) is 9.88 Å². The number of hydrogen-bond acceptors (Lipinski definition) is 6. The van der Waals surface area contributed by atoms with Crippen molar-refractivity contribution in [2.24, 2.45) is 0 Å². The van der Waals surface area contributed by atoms with Crippen LogP contribution in [0.1, 0.15) is 37.9 Å². The molecule has 18 heavy (non-hydrogen) atoms. The van der Waals surface area contributed by atoms with Crippen molar-refractivity contribution >= 4 is 34.5 Å². The number of halogens is 1. The summed E-state index contributed by atoms with van der Waals surface area (Å²) in [7, 11) is 0. The number of alkyl halides is 1. The first-order valence-electron chi connectivity index (χ1n) is 5.74. The standard InChI is InChI=1S/C11H15ClN4S2/c1-11(2,3)9-8(18-16-14-9)10-15-13-7(17-10)5-4-6-12/h4-6H2,1-3H3. The van der Waals surface area contributed by atoms with Crippen molar-refractivity contribution in [2.75, 3.05) is 5.88 Å². The molecule has 0 aliphatic carbocycles. The Kier molecular flexibility index (Phi) is 4.29. The van der Waals surface area contributed by atoms with E-state index in [-0.39, 0.29) is 5.41 Å². The highest BCUT2D eigenvalue weighted by molar-refractivity contribution is 7.19. The molecule has 0 saturated heterocycles. The first kappa shape index (κ1) is 13.8. The molecule has 0 N–H and O–H groups in total. The summed E-state index contributed by atoms with van der Waals surface area (Å²) in [6, 6.07) is 0. The zero-order valence-electron chi connectivity index (χ0n) is 10.6. The van der Waals surface area contributed by atoms with E-state index in [1.54, 1.807) is 11.3 Å². The lowest BCUT2D eigenvalue weighted by molar-refractivity contribution is 0.568. The van der Waals surface area contributed by atoms with Crippen LogP contribution < -0.4 is 0 Å². The lowest BCUT2D eigenvalue weighted by Gasteiger charge is -2.15. The van der Waals surface area contributed by atoms with E-state index < -0.39 is 0 Å². The molecule has 2 aromatic rings. The second-order valence-corrected chi connectivity index (χ2v) is 7.19. The van der Waals surface area contributed by atoms with Crippen molar-refractivity contribution in [3.05, 3.63) is 10.7 Å². The Hall–Kier alpha value is -0.590. The Labute approximate surface area is 120 Å². The molecule has 98 valence electrons. The normalized spacial score (nSPS) is 12.0. The molecule has 2 aromatic heterocycles. The van der Waals surface area contributed by atoms with E-state index in [0.29, 0.717) is 5.88 Å². The van der Waals surface area contributed by atoms with Gasteiger partial charge in [0.15, 0.2) is 5.01 Å². The summed E-state index contributed by atoms with van der Waals surface area (Å²) >= 11 is 8.68. The fourth-order valence-electron chi connectivity index (χ4n) is 1.49. The SMILES string of the molecule is CC(C)(C)c1nnsc1-c1nnc(CCCCl)s1. The van der Waals surface area contributed by atoms with Crippen LogP contribution in [0.5, 0.6) is 0 Å². The van der Waals surface area contributed by atoms with Crippen molar-refractivity contribution in [3.8, 4) is 9.88 Å². The summed E-state index contributed by atoms with van der Waals surface area (Å²) in [5, 5.41) is 14.6. The molecule has 0 aromatic carbocycles. The lowest BCUT2D eigenvalue weighted by Crippen LogP contribution is -2.12. The molecular weight excluding hydrogens is 288 g/mol. The van der Waals surface area contributed by atoms with Gasteiger partial charge in [0.05, 0.1) is 5.69 Å². The third kappa shape index (κ3) is 3.05. The minimum atomic E-state index is -0.0235. The van der Waals surface area contributed by atoms with Gasteiger partial charge in [-0.1, -0.05) is 36.6 Å². The number of aromatic nitrogens is 4. The van der Waals surface area contributed by atoms with Crippen LogP contribution in [0.2, 0.25) is 0 Å². The van der Waals surface area contributed by atoms with Gasteiger partial charge in [0, 0.05) is 17.7 Å². The third-order valence-corrected chi connectivity index (χ3v) is 4.51. The van der Waals surface area contributed by atoms with Crippen molar-refractivity contribution in [1.29, 1.82) is 0 Å². The maximum absolute atomic E-state index is 5.68. The number of aryl methyl sites for hydroxylation is 1. The van der Waals surface area contributed by atoms with Gasteiger partial charge in [0.2, 0.25) is 0 Å². The number of nitrogens with zero attached hydrogens (tertiary/aromatic N) is 4. The summed E-state index contributed by atoms with van der Waals surface area (Å²) in [5.74, 6) is 0.657. The van der Waals surface area contributed by atoms with Crippen LogP contribution in [0.15, 0.2) is 0 Å². The van der Waals surface area contributed by atoms with E-state index in [4.69, 9.17) is 11.6 Å². The molecule has 0 amide bonds. The Morgan fingerprint density at radius 3 is 2.61 bits per heavy atom. The molecule has 7 heteroatoms. The van der Waals surface area contributed by atoms with Gasteiger partial charge >= 0.3 is 0 Å². The number of hydrogen-bond donors (Lipinski definition) is 0. The second-order valence-electron chi connectivity index (χ2n) is 4.99. The molecule has 0 aliphatic rings. The van der Waals surface area contributed by atoms with Gasteiger partial charge in [-0.15, -0.1) is 26.9 Å². The summed E-state index contributed by atoms with van der Waals surface area (Å²) < 4.78 is 4.05. The predicted octanol–water partition coefficient (Wildman–Crippen LogP) is 3.53. The molecular formula is C11H15ClN4S2. The van der Waals surface area contributed by atoms with Crippen LogP contribution in [0.4, 0.5) is 0 Å². The zero-order chi connectivity index (χ0) is 13.2. The van der Waals surface area contributed by atoms with Crippen LogP contribution in [-0.4, -0.2) is 25.7 Å². The van der Waals surface area contributed by atoms with Gasteiger partial charge in [0.1, 0.15) is 9.88 Å². The fourth-order valence-corrected chi connectivity index (χ4v) is 3.44. The maximum atomic E-state index is 5.68. The molecule has 0 unspecified atom stereocenters. The molecule has 0 saturated carbocycles. The highest BCUT2D eigenvalue weighted by atomic mass is 35.5. The van der Waals surface area contributed by atoms with E-state index in [9.17, 15) is 0 Å². The molecule has 0 bridgehead atoms. The minimum Gasteiger partial charge on any atom is -0.143 e. The Morgan fingerprint density at radius 2 is 1.94 bits per heavy atom. The average molecular weight is 303 g/mol. The van der Waals surface area contributed by atoms with Crippen molar-refractivity contribution < 1.29 is 0 Å². The van der Waals surface area contributed by atoms with Gasteiger partial charge in [-0.25, -0.2) is 0 Å². The highest BCUT2D eigenvalue weighted by Gasteiger charge is 2.25. The van der Waals surface area contributed by atoms with E-state index in [1.807, 2.05) is 0 Å². The maximum Gasteiger partial charge on any atom is 0.161 e. The first-order chi connectivity index (χ1) is 8.52. The molecule has 0 radical (unpaired) electrons. The zero-order valence-corrected chi connectivity index (χ0v) is 13.0. The Bertz CT molecular complexity index is 515.